The fourth-order valence-corrected chi connectivity index (χ4v) is 3.29. The van der Waals surface area contributed by atoms with Crippen LogP contribution in [0.5, 0.6) is 0 Å². The van der Waals surface area contributed by atoms with Crippen molar-refractivity contribution in [1.29, 1.82) is 0 Å². The van der Waals surface area contributed by atoms with Crippen LogP contribution in [0.3, 0.4) is 0 Å². The van der Waals surface area contributed by atoms with Crippen molar-refractivity contribution >= 4 is 11.9 Å². The molecule has 0 saturated carbocycles. The summed E-state index contributed by atoms with van der Waals surface area (Å²) in [5.41, 5.74) is 0.315. The number of aliphatic carboxylic acids is 1. The van der Waals surface area contributed by atoms with Gasteiger partial charge in [-0.15, -0.1) is 0 Å². The molecule has 1 fully saturated rings. The van der Waals surface area contributed by atoms with Gasteiger partial charge in [-0.2, -0.15) is 0 Å². The molecule has 1 amide bonds. The molecule has 6 nitrogen and oxygen atoms in total. The van der Waals surface area contributed by atoms with Gasteiger partial charge in [-0.25, -0.2) is 8.78 Å². The van der Waals surface area contributed by atoms with E-state index >= 15 is 0 Å². The maximum Gasteiger partial charge on any atom is 0.303 e. The van der Waals surface area contributed by atoms with Crippen LogP contribution in [0, 0.1) is 17.6 Å². The Bertz CT molecular complexity index is 621. The van der Waals surface area contributed by atoms with Crippen molar-refractivity contribution in [3.8, 4) is 0 Å². The van der Waals surface area contributed by atoms with E-state index in [1.54, 1.807) is 0 Å². The van der Waals surface area contributed by atoms with Crippen LogP contribution in [0.25, 0.3) is 0 Å². The van der Waals surface area contributed by atoms with E-state index in [1.807, 2.05) is 0 Å². The molecule has 0 spiro atoms. The Morgan fingerprint density at radius 3 is 2.52 bits per heavy atom. The van der Waals surface area contributed by atoms with Gasteiger partial charge in [0.05, 0.1) is 12.1 Å². The number of rotatable bonds is 7. The molecule has 4 atom stereocenters. The maximum atomic E-state index is 13.4. The summed E-state index contributed by atoms with van der Waals surface area (Å²) in [6, 6.07) is 1.90. The van der Waals surface area contributed by atoms with Crippen molar-refractivity contribution in [2.24, 2.45) is 5.92 Å². The number of hydrogen-bond acceptors (Lipinski definition) is 4. The first kappa shape index (κ1) is 19.3. The Morgan fingerprint density at radius 1 is 1.32 bits per heavy atom. The summed E-state index contributed by atoms with van der Waals surface area (Å²) in [7, 11) is 0. The molecule has 138 valence electrons. The number of carboxylic acids is 1. The molecule has 0 aromatic heterocycles. The highest BCUT2D eigenvalue weighted by Crippen LogP contribution is 2.22. The van der Waals surface area contributed by atoms with Gasteiger partial charge in [-0.1, -0.05) is 0 Å². The van der Waals surface area contributed by atoms with Gasteiger partial charge in [-0.3, -0.25) is 9.59 Å². The SMILES string of the molecule is CC(=O)N[C@@H](Cc1cc(F)cc(F)c1)[C@H](O)C1C[C@H](CC(=O)O)CN1. The molecule has 8 heteroatoms. The van der Waals surface area contributed by atoms with E-state index in [0.717, 1.165) is 18.2 Å². The zero-order valence-electron chi connectivity index (χ0n) is 13.8. The first-order chi connectivity index (χ1) is 11.7. The molecule has 1 heterocycles. The number of carbonyl (C=O) groups is 2. The molecule has 0 aliphatic carbocycles. The molecule has 0 radical (unpaired) electrons. The third kappa shape index (κ3) is 5.75. The Kier molecular flexibility index (Phi) is 6.44. The lowest BCUT2D eigenvalue weighted by Gasteiger charge is -2.28. The quantitative estimate of drug-likeness (QED) is 0.580. The van der Waals surface area contributed by atoms with Crippen LogP contribution in [-0.4, -0.2) is 46.8 Å². The number of aliphatic hydroxyl groups excluding tert-OH is 1. The van der Waals surface area contributed by atoms with Crippen LogP contribution in [0.15, 0.2) is 18.2 Å². The highest BCUT2D eigenvalue weighted by molar-refractivity contribution is 5.73. The number of carbonyl (C=O) groups excluding carboxylic acids is 1. The highest BCUT2D eigenvalue weighted by atomic mass is 19.1. The zero-order chi connectivity index (χ0) is 18.6. The van der Waals surface area contributed by atoms with Crippen molar-refractivity contribution in [3.05, 3.63) is 35.4 Å². The van der Waals surface area contributed by atoms with Crippen LogP contribution in [0.4, 0.5) is 8.78 Å². The minimum Gasteiger partial charge on any atom is -0.481 e. The molecule has 4 N–H and O–H groups in total. The van der Waals surface area contributed by atoms with Gasteiger partial charge in [0.2, 0.25) is 5.91 Å². The smallest absolute Gasteiger partial charge is 0.303 e. The van der Waals surface area contributed by atoms with Crippen molar-refractivity contribution < 1.29 is 28.6 Å². The first-order valence-corrected chi connectivity index (χ1v) is 8.10. The molecule has 2 rings (SSSR count). The van der Waals surface area contributed by atoms with Gasteiger partial charge in [0, 0.05) is 25.5 Å². The first-order valence-electron chi connectivity index (χ1n) is 8.10. The topological polar surface area (TPSA) is 98.7 Å². The summed E-state index contributed by atoms with van der Waals surface area (Å²) in [5, 5.41) is 25.1. The summed E-state index contributed by atoms with van der Waals surface area (Å²) >= 11 is 0. The van der Waals surface area contributed by atoms with E-state index in [4.69, 9.17) is 5.11 Å². The Morgan fingerprint density at radius 2 is 1.96 bits per heavy atom. The van der Waals surface area contributed by atoms with E-state index in [9.17, 15) is 23.5 Å². The Hall–Kier alpha value is -2.06. The van der Waals surface area contributed by atoms with Gasteiger partial charge in [0.1, 0.15) is 11.6 Å². The van der Waals surface area contributed by atoms with Gasteiger partial charge < -0.3 is 20.8 Å². The Balaban J connectivity index is 2.08. The Labute approximate surface area is 144 Å². The van der Waals surface area contributed by atoms with E-state index < -0.39 is 35.8 Å². The number of aliphatic hydroxyl groups is 1. The van der Waals surface area contributed by atoms with E-state index in [1.165, 1.54) is 6.92 Å². The summed E-state index contributed by atoms with van der Waals surface area (Å²) in [5.74, 6) is -2.85. The van der Waals surface area contributed by atoms with Crippen molar-refractivity contribution in [1.82, 2.24) is 10.6 Å². The lowest BCUT2D eigenvalue weighted by Crippen LogP contribution is -2.51. The summed E-state index contributed by atoms with van der Waals surface area (Å²) in [4.78, 5) is 22.2. The minimum absolute atomic E-state index is 0.00384. The van der Waals surface area contributed by atoms with Crippen molar-refractivity contribution in [2.75, 3.05) is 6.54 Å². The molecule has 1 unspecified atom stereocenters. The summed E-state index contributed by atoms with van der Waals surface area (Å²) in [6.45, 7) is 1.75. The predicted octanol–water partition coefficient (Wildman–Crippen LogP) is 0.826. The van der Waals surface area contributed by atoms with Gasteiger partial charge in [0.15, 0.2) is 0 Å². The van der Waals surface area contributed by atoms with Crippen LogP contribution < -0.4 is 10.6 Å². The lowest BCUT2D eigenvalue weighted by molar-refractivity contribution is -0.138. The van der Waals surface area contributed by atoms with Crippen LogP contribution in [0.1, 0.15) is 25.3 Å². The second-order valence-electron chi connectivity index (χ2n) is 6.49. The average molecular weight is 356 g/mol. The number of nitrogens with one attached hydrogen (secondary N) is 2. The van der Waals surface area contributed by atoms with Crippen LogP contribution >= 0.6 is 0 Å². The van der Waals surface area contributed by atoms with Crippen molar-refractivity contribution in [3.63, 3.8) is 0 Å². The maximum absolute atomic E-state index is 13.4. The largest absolute Gasteiger partial charge is 0.481 e. The summed E-state index contributed by atoms with van der Waals surface area (Å²) in [6.07, 6.45) is -0.525. The molecule has 1 aromatic rings. The molecule has 25 heavy (non-hydrogen) atoms. The standard InChI is InChI=1S/C17H22F2N2O4/c1-9(22)21-15(4-10-2-12(18)7-13(19)3-10)17(25)14-5-11(8-20-14)6-16(23)24/h2-3,7,11,14-15,17,20,25H,4-6,8H2,1H3,(H,21,22)(H,23,24)/t11-,14?,15+,17-/m1/s1. The van der Waals surface area contributed by atoms with Crippen molar-refractivity contribution in [2.45, 2.75) is 44.4 Å². The molecule has 0 bridgehead atoms. The lowest BCUT2D eigenvalue weighted by atomic mass is 9.92. The fourth-order valence-electron chi connectivity index (χ4n) is 3.29. The number of halogens is 2. The van der Waals surface area contributed by atoms with E-state index in [-0.39, 0.29) is 24.7 Å². The average Bonchev–Trinajstić information content (AvgIpc) is 2.91. The number of benzene rings is 1. The second kappa shape index (κ2) is 8.35. The second-order valence-corrected chi connectivity index (χ2v) is 6.49. The molecular weight excluding hydrogens is 334 g/mol. The number of amides is 1. The van der Waals surface area contributed by atoms with Gasteiger partial charge in [-0.05, 0) is 43.0 Å². The van der Waals surface area contributed by atoms with Crippen LogP contribution in [0.2, 0.25) is 0 Å². The number of hydrogen-bond donors (Lipinski definition) is 4. The molecular formula is C17H22F2N2O4. The molecule has 1 saturated heterocycles. The summed E-state index contributed by atoms with van der Waals surface area (Å²) < 4.78 is 26.7. The minimum atomic E-state index is -1.02. The van der Waals surface area contributed by atoms with Gasteiger partial charge >= 0.3 is 5.97 Å². The van der Waals surface area contributed by atoms with Crippen LogP contribution in [-0.2, 0) is 16.0 Å². The molecule has 1 aromatic carbocycles. The third-order valence-electron chi connectivity index (χ3n) is 4.31. The fraction of sp³-hybridized carbons (Fsp3) is 0.529. The molecule has 1 aliphatic rings. The van der Waals surface area contributed by atoms with Gasteiger partial charge in [0.25, 0.3) is 0 Å². The number of carboxylic acid groups (broad SMARTS) is 1. The predicted molar refractivity (Wildman–Crippen MR) is 85.8 cm³/mol. The van der Waals surface area contributed by atoms with E-state index in [0.29, 0.717) is 18.5 Å². The molecule has 1 aliphatic heterocycles. The van der Waals surface area contributed by atoms with E-state index in [2.05, 4.69) is 10.6 Å². The zero-order valence-corrected chi connectivity index (χ0v) is 13.8. The normalized spacial score (nSPS) is 22.4. The third-order valence-corrected chi connectivity index (χ3v) is 4.31. The monoisotopic (exact) mass is 356 g/mol. The highest BCUT2D eigenvalue weighted by Gasteiger charge is 2.35.